The molecule has 5 atom stereocenters. The topological polar surface area (TPSA) is 95.9 Å². The molecule has 2 aliphatic rings. The molecular weight excluding hydrogens is 317 g/mol. The number of nitrogens with one attached hydrogen (secondary N) is 1. The molecule has 1 saturated heterocycles. The molecule has 0 aromatic heterocycles. The van der Waals surface area contributed by atoms with Crippen molar-refractivity contribution in [2.75, 3.05) is 19.5 Å². The van der Waals surface area contributed by atoms with Crippen molar-refractivity contribution in [2.24, 2.45) is 5.92 Å². The molecule has 7 heteroatoms. The normalized spacial score (nSPS) is 35.2. The number of aliphatic hydroxyl groups is 2. The van der Waals surface area contributed by atoms with E-state index in [9.17, 15) is 19.8 Å². The minimum absolute atomic E-state index is 0.401. The summed E-state index contributed by atoms with van der Waals surface area (Å²) in [6.45, 7) is 4.75. The highest BCUT2D eigenvalue weighted by atomic mass is 31.2. The number of hydrogen-bond acceptors (Lipinski definition) is 5. The maximum atomic E-state index is 12.1. The smallest absolute Gasteiger partial charge is 0.253 e. The summed E-state index contributed by atoms with van der Waals surface area (Å²) in [7, 11) is 0. The van der Waals surface area contributed by atoms with E-state index in [0.717, 1.165) is 6.16 Å². The lowest BCUT2D eigenvalue weighted by molar-refractivity contribution is -0.136. The number of carbonyl (C=O) groups is 2. The van der Waals surface area contributed by atoms with E-state index in [1.165, 1.54) is 0 Å². The Morgan fingerprint density at radius 1 is 1.30 bits per heavy atom. The summed E-state index contributed by atoms with van der Waals surface area (Å²) < 4.78 is 5.79. The van der Waals surface area contributed by atoms with Crippen LogP contribution < -0.4 is 5.32 Å². The Morgan fingerprint density at radius 3 is 2.52 bits per heavy atom. The second-order valence-electron chi connectivity index (χ2n) is 6.96. The van der Waals surface area contributed by atoms with Gasteiger partial charge in [0, 0.05) is 5.57 Å². The fourth-order valence-electron chi connectivity index (χ4n) is 2.96. The lowest BCUT2D eigenvalue weighted by Gasteiger charge is -2.26. The fraction of sp³-hybridized carbons (Fsp3) is 0.688. The minimum Gasteiger partial charge on any atom is -0.388 e. The van der Waals surface area contributed by atoms with E-state index in [2.05, 4.69) is 24.9 Å². The Hall–Kier alpha value is -0.940. The first-order valence-corrected chi connectivity index (χ1v) is 10.9. The molecule has 1 unspecified atom stereocenters. The van der Waals surface area contributed by atoms with Gasteiger partial charge in [-0.15, -0.1) is 13.2 Å². The molecule has 2 amide bonds. The van der Waals surface area contributed by atoms with E-state index in [-0.39, 0.29) is 0 Å². The molecule has 0 aliphatic carbocycles. The maximum Gasteiger partial charge on any atom is 0.253 e. The van der Waals surface area contributed by atoms with Gasteiger partial charge in [0.05, 0.1) is 12.0 Å². The summed E-state index contributed by atoms with van der Waals surface area (Å²) in [4.78, 5) is 23.7. The van der Waals surface area contributed by atoms with Gasteiger partial charge in [0.25, 0.3) is 5.91 Å². The van der Waals surface area contributed by atoms with E-state index >= 15 is 0 Å². The average Bonchev–Trinajstić information content (AvgIpc) is 2.73. The fourth-order valence-corrected chi connectivity index (χ4v) is 3.91. The van der Waals surface area contributed by atoms with E-state index in [1.807, 2.05) is 6.92 Å². The highest BCUT2D eigenvalue weighted by Gasteiger charge is 2.48. The summed E-state index contributed by atoms with van der Waals surface area (Å²) in [6, 6.07) is 0. The zero-order valence-electron chi connectivity index (χ0n) is 13.9. The monoisotopic (exact) mass is 343 g/mol. The molecule has 3 N–H and O–H groups in total. The summed E-state index contributed by atoms with van der Waals surface area (Å²) >= 11 is 0. The van der Waals surface area contributed by atoms with Crippen LogP contribution >= 0.6 is 6.89 Å². The minimum atomic E-state index is -1.26. The number of amides is 2. The van der Waals surface area contributed by atoms with Gasteiger partial charge in [-0.3, -0.25) is 14.9 Å². The van der Waals surface area contributed by atoms with Crippen molar-refractivity contribution in [3.63, 3.8) is 0 Å². The number of carbonyl (C=O) groups excluding carboxylic acids is 2. The lowest BCUT2D eigenvalue weighted by atomic mass is 9.90. The van der Waals surface area contributed by atoms with Gasteiger partial charge in [0.15, 0.2) is 0 Å². The van der Waals surface area contributed by atoms with Gasteiger partial charge in [-0.1, -0.05) is 13.0 Å². The molecule has 0 saturated carbocycles. The van der Waals surface area contributed by atoms with Crippen molar-refractivity contribution in [3.05, 3.63) is 11.6 Å². The second kappa shape index (κ2) is 6.89. The van der Waals surface area contributed by atoms with Gasteiger partial charge >= 0.3 is 0 Å². The van der Waals surface area contributed by atoms with Gasteiger partial charge in [-0.05, 0) is 32.3 Å². The van der Waals surface area contributed by atoms with Gasteiger partial charge in [-0.2, -0.15) is 0 Å². The third-order valence-corrected chi connectivity index (χ3v) is 5.83. The Kier molecular flexibility index (Phi) is 5.52. The van der Waals surface area contributed by atoms with Gasteiger partial charge < -0.3 is 14.9 Å². The molecule has 23 heavy (non-hydrogen) atoms. The zero-order valence-corrected chi connectivity index (χ0v) is 14.8. The molecule has 130 valence electrons. The van der Waals surface area contributed by atoms with E-state index in [0.29, 0.717) is 18.4 Å². The van der Waals surface area contributed by atoms with E-state index < -0.39 is 49.0 Å². The largest absolute Gasteiger partial charge is 0.388 e. The predicted octanol–water partition coefficient (Wildman–Crippen LogP) is 0.184. The quantitative estimate of drug-likeness (QED) is 0.489. The SMILES string of the molecule is C=P(C)(C)CC[C@H]1OC([C@@H]2C=C(CC)C(=O)NC2=O)[C@H](O)[C@@H]1O. The standard InChI is InChI=1S/C16H26NO5P/c1-5-9-8-10(16(21)17-15(9)20)14-13(19)12(18)11(22-14)6-7-23(2,3)4/h8,10-14,18-19H,2,5-7H2,1,3-4H3,(H,17,20,21)/t10-,11+,12+,13+,14?/m0/s1. The highest BCUT2D eigenvalue weighted by Crippen LogP contribution is 2.39. The molecule has 0 spiro atoms. The van der Waals surface area contributed by atoms with Crippen LogP contribution in [0.2, 0.25) is 0 Å². The van der Waals surface area contributed by atoms with Crippen molar-refractivity contribution in [1.29, 1.82) is 0 Å². The molecule has 1 fully saturated rings. The summed E-state index contributed by atoms with van der Waals surface area (Å²) in [5.41, 5.74) is 0.494. The van der Waals surface area contributed by atoms with Crippen molar-refractivity contribution >= 4 is 25.0 Å². The number of hydrogen-bond donors (Lipinski definition) is 3. The number of ether oxygens (including phenoxy) is 1. The lowest BCUT2D eigenvalue weighted by Crippen LogP contribution is -2.48. The third kappa shape index (κ3) is 4.13. The predicted molar refractivity (Wildman–Crippen MR) is 91.1 cm³/mol. The van der Waals surface area contributed by atoms with Crippen molar-refractivity contribution < 1.29 is 24.5 Å². The highest BCUT2D eigenvalue weighted by molar-refractivity contribution is 7.72. The molecule has 2 rings (SSSR count). The number of imide groups is 1. The van der Waals surface area contributed by atoms with Crippen LogP contribution in [0.5, 0.6) is 0 Å². The van der Waals surface area contributed by atoms with Crippen LogP contribution in [-0.2, 0) is 14.3 Å². The molecule has 0 aromatic carbocycles. The maximum absolute atomic E-state index is 12.1. The van der Waals surface area contributed by atoms with Crippen LogP contribution in [-0.4, -0.2) is 72.2 Å². The van der Waals surface area contributed by atoms with E-state index in [1.54, 1.807) is 6.08 Å². The molecule has 6 nitrogen and oxygen atoms in total. The molecule has 0 bridgehead atoms. The van der Waals surface area contributed by atoms with Crippen LogP contribution in [0.4, 0.5) is 0 Å². The first-order chi connectivity index (χ1) is 10.6. The molecule has 0 radical (unpaired) electrons. The first kappa shape index (κ1) is 18.4. The first-order valence-electron chi connectivity index (χ1n) is 7.89. The molecule has 2 aliphatic heterocycles. The van der Waals surface area contributed by atoms with Crippen molar-refractivity contribution in [3.8, 4) is 0 Å². The van der Waals surface area contributed by atoms with Crippen LogP contribution in [0.15, 0.2) is 11.6 Å². The zero-order chi connectivity index (χ0) is 17.4. The Morgan fingerprint density at radius 2 is 1.96 bits per heavy atom. The summed E-state index contributed by atoms with van der Waals surface area (Å²) in [5, 5.41) is 22.8. The van der Waals surface area contributed by atoms with Crippen molar-refractivity contribution in [1.82, 2.24) is 5.32 Å². The second-order valence-corrected chi connectivity index (χ2v) is 11.3. The third-order valence-electron chi connectivity index (χ3n) is 4.37. The van der Waals surface area contributed by atoms with Crippen LogP contribution in [0.1, 0.15) is 19.8 Å². The number of rotatable bonds is 5. The van der Waals surface area contributed by atoms with Crippen LogP contribution in [0.25, 0.3) is 0 Å². The van der Waals surface area contributed by atoms with Gasteiger partial charge in [0.1, 0.15) is 18.3 Å². The Bertz CT molecular complexity index is 567. The van der Waals surface area contributed by atoms with Gasteiger partial charge in [-0.25, -0.2) is 0 Å². The number of aliphatic hydroxyl groups excluding tert-OH is 2. The van der Waals surface area contributed by atoms with Crippen LogP contribution in [0, 0.1) is 5.92 Å². The average molecular weight is 343 g/mol. The molecule has 2 heterocycles. The summed E-state index contributed by atoms with van der Waals surface area (Å²) in [5.74, 6) is -1.66. The van der Waals surface area contributed by atoms with E-state index in [4.69, 9.17) is 4.74 Å². The van der Waals surface area contributed by atoms with Crippen LogP contribution in [0.3, 0.4) is 0 Å². The summed E-state index contributed by atoms with van der Waals surface area (Å²) in [6.07, 6.45) is 4.07. The Labute approximate surface area is 136 Å². The van der Waals surface area contributed by atoms with Crippen molar-refractivity contribution in [2.45, 2.75) is 44.2 Å². The molecule has 0 aromatic rings. The van der Waals surface area contributed by atoms with Gasteiger partial charge in [0.2, 0.25) is 5.91 Å². The molecular formula is C16H26NO5P. The Balaban J connectivity index is 2.14.